The lowest BCUT2D eigenvalue weighted by Crippen LogP contribution is -2.43. The predicted molar refractivity (Wildman–Crippen MR) is 93.9 cm³/mol. The third-order valence-electron chi connectivity index (χ3n) is 4.16. The summed E-state index contributed by atoms with van der Waals surface area (Å²) in [5.41, 5.74) is 1.04. The number of hydrogen-bond acceptors (Lipinski definition) is 3. The molecule has 0 saturated heterocycles. The van der Waals surface area contributed by atoms with Crippen LogP contribution in [0.1, 0.15) is 25.5 Å². The largest absolute Gasteiger partial charge is 0.460 e. The first-order valence-corrected chi connectivity index (χ1v) is 8.67. The van der Waals surface area contributed by atoms with Gasteiger partial charge in [0.2, 0.25) is 5.91 Å². The van der Waals surface area contributed by atoms with E-state index >= 15 is 0 Å². The van der Waals surface area contributed by atoms with Gasteiger partial charge in [-0.05, 0) is 51.1 Å². The molecule has 1 atom stereocenters. The molecular formula is C18H21BrN2O2. The summed E-state index contributed by atoms with van der Waals surface area (Å²) in [4.78, 5) is 14.1. The molecule has 0 radical (unpaired) electrons. The van der Waals surface area contributed by atoms with Crippen LogP contribution in [0.4, 0.5) is 0 Å². The van der Waals surface area contributed by atoms with Gasteiger partial charge in [-0.2, -0.15) is 0 Å². The maximum Gasteiger partial charge on any atom is 0.237 e. The van der Waals surface area contributed by atoms with Gasteiger partial charge in [-0.25, -0.2) is 0 Å². The van der Waals surface area contributed by atoms with E-state index in [1.54, 1.807) is 0 Å². The first-order valence-electron chi connectivity index (χ1n) is 7.88. The molecule has 0 spiro atoms. The Bertz CT molecular complexity index is 677. The second kappa shape index (κ2) is 6.89. The van der Waals surface area contributed by atoms with Crippen molar-refractivity contribution in [2.75, 3.05) is 7.05 Å². The second-order valence-corrected chi connectivity index (χ2v) is 7.06. The molecule has 1 aliphatic carbocycles. The molecule has 23 heavy (non-hydrogen) atoms. The van der Waals surface area contributed by atoms with Gasteiger partial charge in [0.1, 0.15) is 11.5 Å². The third-order valence-corrected chi connectivity index (χ3v) is 4.69. The summed E-state index contributed by atoms with van der Waals surface area (Å²) >= 11 is 3.43. The zero-order valence-electron chi connectivity index (χ0n) is 13.4. The Kier molecular flexibility index (Phi) is 4.87. The zero-order valence-corrected chi connectivity index (χ0v) is 15.0. The van der Waals surface area contributed by atoms with Crippen LogP contribution in [0, 0.1) is 0 Å². The van der Waals surface area contributed by atoms with E-state index < -0.39 is 0 Å². The highest BCUT2D eigenvalue weighted by atomic mass is 79.9. The predicted octanol–water partition coefficient (Wildman–Crippen LogP) is 3.81. The number of carbonyl (C=O) groups excluding carboxylic acids is 1. The van der Waals surface area contributed by atoms with Gasteiger partial charge in [0.05, 0.1) is 12.6 Å². The van der Waals surface area contributed by atoms with Crippen molar-refractivity contribution in [2.24, 2.45) is 0 Å². The van der Waals surface area contributed by atoms with E-state index in [9.17, 15) is 4.79 Å². The number of benzene rings is 1. The molecule has 1 heterocycles. The van der Waals surface area contributed by atoms with Gasteiger partial charge in [0.25, 0.3) is 0 Å². The Morgan fingerprint density at radius 1 is 1.30 bits per heavy atom. The summed E-state index contributed by atoms with van der Waals surface area (Å²) in [6.07, 6.45) is 2.22. The van der Waals surface area contributed by atoms with Gasteiger partial charge in [0.15, 0.2) is 0 Å². The third kappa shape index (κ3) is 4.24. The molecule has 1 saturated carbocycles. The molecule has 0 bridgehead atoms. The van der Waals surface area contributed by atoms with Crippen LogP contribution in [0.3, 0.4) is 0 Å². The van der Waals surface area contributed by atoms with Crippen LogP contribution in [0.5, 0.6) is 0 Å². The molecule has 4 nitrogen and oxygen atoms in total. The van der Waals surface area contributed by atoms with E-state index in [1.165, 1.54) is 0 Å². The lowest BCUT2D eigenvalue weighted by atomic mass is 10.2. The van der Waals surface area contributed by atoms with Crippen molar-refractivity contribution in [3.63, 3.8) is 0 Å². The molecule has 1 amide bonds. The van der Waals surface area contributed by atoms with Crippen LogP contribution >= 0.6 is 15.9 Å². The highest BCUT2D eigenvalue weighted by Crippen LogP contribution is 2.25. The molecule has 2 aromatic rings. The van der Waals surface area contributed by atoms with Gasteiger partial charge in [-0.1, -0.05) is 28.1 Å². The van der Waals surface area contributed by atoms with Crippen molar-refractivity contribution in [1.29, 1.82) is 0 Å². The molecule has 5 heteroatoms. The summed E-state index contributed by atoms with van der Waals surface area (Å²) in [5, 5.41) is 3.04. The SMILES string of the molecule is C[C@@H](C(=O)NC1CC1)N(C)Cc1ccc(-c2ccc(Br)cc2)o1. The van der Waals surface area contributed by atoms with Gasteiger partial charge >= 0.3 is 0 Å². The van der Waals surface area contributed by atoms with Crippen LogP contribution in [-0.2, 0) is 11.3 Å². The van der Waals surface area contributed by atoms with Crippen molar-refractivity contribution < 1.29 is 9.21 Å². The second-order valence-electron chi connectivity index (χ2n) is 6.15. The minimum Gasteiger partial charge on any atom is -0.460 e. The van der Waals surface area contributed by atoms with E-state index in [4.69, 9.17) is 4.42 Å². The molecule has 1 aromatic heterocycles. The topological polar surface area (TPSA) is 45.5 Å². The number of furan rings is 1. The highest BCUT2D eigenvalue weighted by Gasteiger charge is 2.27. The number of nitrogens with one attached hydrogen (secondary N) is 1. The van der Waals surface area contributed by atoms with Crippen LogP contribution < -0.4 is 5.32 Å². The molecule has 1 N–H and O–H groups in total. The number of likely N-dealkylation sites (N-methyl/N-ethyl adjacent to an activating group) is 1. The Morgan fingerprint density at radius 2 is 2.00 bits per heavy atom. The van der Waals surface area contributed by atoms with E-state index in [0.717, 1.165) is 34.4 Å². The average Bonchev–Trinajstić information content (AvgIpc) is 3.23. The number of carbonyl (C=O) groups is 1. The minimum atomic E-state index is -0.170. The molecule has 1 aliphatic rings. The lowest BCUT2D eigenvalue weighted by molar-refractivity contribution is -0.125. The van der Waals surface area contributed by atoms with Crippen molar-refractivity contribution in [1.82, 2.24) is 10.2 Å². The number of nitrogens with zero attached hydrogens (tertiary/aromatic N) is 1. The molecule has 1 aromatic carbocycles. The molecule has 122 valence electrons. The van der Waals surface area contributed by atoms with Crippen molar-refractivity contribution in [3.05, 3.63) is 46.6 Å². The molecule has 1 fully saturated rings. The van der Waals surface area contributed by atoms with Crippen LogP contribution in [0.25, 0.3) is 11.3 Å². The Labute approximate surface area is 145 Å². The van der Waals surface area contributed by atoms with Crippen molar-refractivity contribution in [2.45, 2.75) is 38.4 Å². The van der Waals surface area contributed by atoms with Gasteiger partial charge in [-0.3, -0.25) is 9.69 Å². The highest BCUT2D eigenvalue weighted by molar-refractivity contribution is 9.10. The normalized spacial score (nSPS) is 15.7. The monoisotopic (exact) mass is 376 g/mol. The fourth-order valence-corrected chi connectivity index (χ4v) is 2.63. The number of amides is 1. The zero-order chi connectivity index (χ0) is 16.4. The summed E-state index contributed by atoms with van der Waals surface area (Å²) in [6.45, 7) is 2.53. The van der Waals surface area contributed by atoms with E-state index in [2.05, 4.69) is 21.2 Å². The minimum absolute atomic E-state index is 0.0923. The summed E-state index contributed by atoms with van der Waals surface area (Å²) in [7, 11) is 1.94. The number of hydrogen-bond donors (Lipinski definition) is 1. The van der Waals surface area contributed by atoms with Crippen LogP contribution in [-0.4, -0.2) is 29.9 Å². The fraction of sp³-hybridized carbons (Fsp3) is 0.389. The van der Waals surface area contributed by atoms with Gasteiger partial charge in [-0.15, -0.1) is 0 Å². The van der Waals surface area contributed by atoms with E-state index in [1.807, 2.05) is 55.3 Å². The molecular weight excluding hydrogens is 356 g/mol. The van der Waals surface area contributed by atoms with E-state index in [0.29, 0.717) is 12.6 Å². The van der Waals surface area contributed by atoms with Crippen molar-refractivity contribution in [3.8, 4) is 11.3 Å². The number of halogens is 1. The van der Waals surface area contributed by atoms with Gasteiger partial charge < -0.3 is 9.73 Å². The summed E-state index contributed by atoms with van der Waals surface area (Å²) < 4.78 is 6.96. The lowest BCUT2D eigenvalue weighted by Gasteiger charge is -2.22. The maximum absolute atomic E-state index is 12.1. The number of rotatable bonds is 6. The van der Waals surface area contributed by atoms with Gasteiger partial charge in [0, 0.05) is 16.1 Å². The Hall–Kier alpha value is -1.59. The quantitative estimate of drug-likeness (QED) is 0.833. The van der Waals surface area contributed by atoms with Crippen molar-refractivity contribution >= 4 is 21.8 Å². The van der Waals surface area contributed by atoms with Crippen LogP contribution in [0.15, 0.2) is 45.3 Å². The van der Waals surface area contributed by atoms with E-state index in [-0.39, 0.29) is 11.9 Å². The first-order chi connectivity index (χ1) is 11.0. The fourth-order valence-electron chi connectivity index (χ4n) is 2.36. The summed E-state index contributed by atoms with van der Waals surface area (Å²) in [6, 6.07) is 12.2. The molecule has 0 unspecified atom stereocenters. The Balaban J connectivity index is 1.61. The standard InChI is InChI=1S/C18H21BrN2O2/c1-12(18(22)20-15-7-8-15)21(2)11-16-9-10-17(23-16)13-3-5-14(19)6-4-13/h3-6,9-10,12,15H,7-8,11H2,1-2H3,(H,20,22)/t12-/m0/s1. The summed E-state index contributed by atoms with van der Waals surface area (Å²) in [5.74, 6) is 1.79. The Morgan fingerprint density at radius 3 is 2.65 bits per heavy atom. The maximum atomic E-state index is 12.1. The van der Waals surface area contributed by atoms with Crippen LogP contribution in [0.2, 0.25) is 0 Å². The molecule has 0 aliphatic heterocycles. The molecule has 3 rings (SSSR count). The smallest absolute Gasteiger partial charge is 0.237 e. The first kappa shape index (κ1) is 16.3. The average molecular weight is 377 g/mol.